The Morgan fingerprint density at radius 2 is 1.83 bits per heavy atom. The molecule has 0 aliphatic carbocycles. The maximum absolute atomic E-state index is 12.9. The number of amides is 3. The molecule has 24 heavy (non-hydrogen) atoms. The van der Waals surface area contributed by atoms with Crippen LogP contribution in [0.1, 0.15) is 51.5 Å². The second-order valence-electron chi connectivity index (χ2n) is 6.96. The van der Waals surface area contributed by atoms with E-state index in [1.807, 2.05) is 23.1 Å². The predicted octanol–water partition coefficient (Wildman–Crippen LogP) is 3.30. The Balaban J connectivity index is 1.72. The molecule has 0 aromatic heterocycles. The van der Waals surface area contributed by atoms with Crippen LogP contribution in [0, 0.1) is 0 Å². The molecule has 130 valence electrons. The van der Waals surface area contributed by atoms with Crippen molar-refractivity contribution < 1.29 is 9.59 Å². The summed E-state index contributed by atoms with van der Waals surface area (Å²) in [5.74, 6) is 0.0212. The van der Waals surface area contributed by atoms with Crippen LogP contribution in [0.5, 0.6) is 0 Å². The molecule has 5 heteroatoms. The minimum absolute atomic E-state index is 0.00637. The van der Waals surface area contributed by atoms with Gasteiger partial charge in [-0.25, -0.2) is 4.79 Å². The zero-order chi connectivity index (χ0) is 17.1. The first-order valence-electron chi connectivity index (χ1n) is 9.02. The van der Waals surface area contributed by atoms with E-state index in [0.29, 0.717) is 0 Å². The van der Waals surface area contributed by atoms with Gasteiger partial charge in [0.25, 0.3) is 0 Å². The zero-order valence-corrected chi connectivity index (χ0v) is 14.5. The number of carbonyl (C=O) groups is 2. The molecule has 0 saturated carbocycles. The van der Waals surface area contributed by atoms with Crippen molar-refractivity contribution in [1.29, 1.82) is 0 Å². The van der Waals surface area contributed by atoms with E-state index in [9.17, 15) is 9.59 Å². The quantitative estimate of drug-likeness (QED) is 0.894. The van der Waals surface area contributed by atoms with Crippen molar-refractivity contribution in [2.75, 3.05) is 5.32 Å². The van der Waals surface area contributed by atoms with Crippen molar-refractivity contribution in [2.24, 2.45) is 0 Å². The summed E-state index contributed by atoms with van der Waals surface area (Å²) >= 11 is 0. The Morgan fingerprint density at radius 3 is 2.46 bits per heavy atom. The van der Waals surface area contributed by atoms with Gasteiger partial charge in [0, 0.05) is 30.7 Å². The summed E-state index contributed by atoms with van der Waals surface area (Å²) in [6.07, 6.45) is 5.83. The molecule has 0 radical (unpaired) electrons. The van der Waals surface area contributed by atoms with Crippen LogP contribution in [0.15, 0.2) is 24.3 Å². The van der Waals surface area contributed by atoms with Crippen LogP contribution in [0.25, 0.3) is 0 Å². The molecule has 1 aromatic rings. The molecule has 5 nitrogen and oxygen atoms in total. The van der Waals surface area contributed by atoms with Crippen LogP contribution in [-0.4, -0.2) is 35.0 Å². The van der Waals surface area contributed by atoms with Crippen molar-refractivity contribution in [2.45, 2.75) is 70.5 Å². The monoisotopic (exact) mass is 329 g/mol. The number of fused-ring (bicyclic) bond motifs is 2. The van der Waals surface area contributed by atoms with Crippen molar-refractivity contribution >= 4 is 17.6 Å². The lowest BCUT2D eigenvalue weighted by Gasteiger charge is -2.48. The SMILES string of the molecule is CCc1ccccc1NC(=O)N1[C@@H]2CCC[C@H]1CC(NC(C)=O)C2. The summed E-state index contributed by atoms with van der Waals surface area (Å²) in [5, 5.41) is 6.16. The third-order valence-corrected chi connectivity index (χ3v) is 5.26. The van der Waals surface area contributed by atoms with Crippen LogP contribution in [0.4, 0.5) is 10.5 Å². The highest BCUT2D eigenvalue weighted by Crippen LogP contribution is 2.34. The summed E-state index contributed by atoms with van der Waals surface area (Å²) in [7, 11) is 0. The van der Waals surface area contributed by atoms with Crippen molar-refractivity contribution in [3.8, 4) is 0 Å². The summed E-state index contributed by atoms with van der Waals surface area (Å²) in [6.45, 7) is 3.66. The second kappa shape index (κ2) is 7.24. The van der Waals surface area contributed by atoms with Gasteiger partial charge in [-0.15, -0.1) is 0 Å². The van der Waals surface area contributed by atoms with Gasteiger partial charge in [0.1, 0.15) is 0 Å². The summed E-state index contributed by atoms with van der Waals surface area (Å²) in [6, 6.07) is 8.64. The lowest BCUT2D eigenvalue weighted by Crippen LogP contribution is -2.59. The number of urea groups is 1. The minimum Gasteiger partial charge on any atom is -0.353 e. The molecular weight excluding hydrogens is 302 g/mol. The fourth-order valence-corrected chi connectivity index (χ4v) is 4.25. The van der Waals surface area contributed by atoms with Crippen LogP contribution in [0.2, 0.25) is 0 Å². The number of para-hydroxylation sites is 1. The van der Waals surface area contributed by atoms with E-state index in [2.05, 4.69) is 23.6 Å². The van der Waals surface area contributed by atoms with Gasteiger partial charge in [-0.2, -0.15) is 0 Å². The molecule has 3 atom stereocenters. The van der Waals surface area contributed by atoms with Gasteiger partial charge in [-0.1, -0.05) is 25.1 Å². The normalized spacial score (nSPS) is 25.9. The third kappa shape index (κ3) is 3.55. The van der Waals surface area contributed by atoms with E-state index in [4.69, 9.17) is 0 Å². The molecule has 2 N–H and O–H groups in total. The molecule has 3 rings (SSSR count). The van der Waals surface area contributed by atoms with E-state index < -0.39 is 0 Å². The Labute approximate surface area is 143 Å². The van der Waals surface area contributed by atoms with Crippen molar-refractivity contribution in [1.82, 2.24) is 10.2 Å². The highest BCUT2D eigenvalue weighted by molar-refractivity contribution is 5.90. The summed E-state index contributed by atoms with van der Waals surface area (Å²) in [4.78, 5) is 26.3. The smallest absolute Gasteiger partial charge is 0.322 e. The fourth-order valence-electron chi connectivity index (χ4n) is 4.25. The number of hydrogen-bond donors (Lipinski definition) is 2. The zero-order valence-electron chi connectivity index (χ0n) is 14.5. The molecule has 2 saturated heterocycles. The number of anilines is 1. The van der Waals surface area contributed by atoms with Gasteiger partial charge in [-0.05, 0) is 50.2 Å². The highest BCUT2D eigenvalue weighted by atomic mass is 16.2. The number of nitrogens with zero attached hydrogens (tertiary/aromatic N) is 1. The van der Waals surface area contributed by atoms with Crippen LogP contribution in [-0.2, 0) is 11.2 Å². The molecule has 2 bridgehead atoms. The number of carbonyl (C=O) groups excluding carboxylic acids is 2. The van der Waals surface area contributed by atoms with Gasteiger partial charge >= 0.3 is 6.03 Å². The van der Waals surface area contributed by atoms with Crippen molar-refractivity contribution in [3.63, 3.8) is 0 Å². The average Bonchev–Trinajstić information content (AvgIpc) is 2.53. The number of benzene rings is 1. The molecule has 1 unspecified atom stereocenters. The van der Waals surface area contributed by atoms with Crippen LogP contribution < -0.4 is 10.6 Å². The molecular formula is C19H27N3O2. The largest absolute Gasteiger partial charge is 0.353 e. The van der Waals surface area contributed by atoms with E-state index in [1.165, 1.54) is 0 Å². The van der Waals surface area contributed by atoms with Crippen molar-refractivity contribution in [3.05, 3.63) is 29.8 Å². The predicted molar refractivity (Wildman–Crippen MR) is 94.9 cm³/mol. The Kier molecular flexibility index (Phi) is 5.07. The van der Waals surface area contributed by atoms with E-state index in [0.717, 1.165) is 49.8 Å². The molecule has 2 aliphatic rings. The first-order chi connectivity index (χ1) is 11.6. The molecule has 2 aliphatic heterocycles. The molecule has 2 heterocycles. The average molecular weight is 329 g/mol. The third-order valence-electron chi connectivity index (χ3n) is 5.26. The van der Waals surface area contributed by atoms with Gasteiger partial charge in [0.2, 0.25) is 5.91 Å². The maximum Gasteiger partial charge on any atom is 0.322 e. The minimum atomic E-state index is 0.00637. The van der Waals surface area contributed by atoms with Crippen LogP contribution in [0.3, 0.4) is 0 Å². The van der Waals surface area contributed by atoms with Gasteiger partial charge in [0.05, 0.1) is 0 Å². The first kappa shape index (κ1) is 16.8. The maximum atomic E-state index is 12.9. The van der Waals surface area contributed by atoms with Gasteiger partial charge in [0.15, 0.2) is 0 Å². The van der Waals surface area contributed by atoms with Crippen LogP contribution >= 0.6 is 0 Å². The van der Waals surface area contributed by atoms with E-state index in [1.54, 1.807) is 6.92 Å². The highest BCUT2D eigenvalue weighted by Gasteiger charge is 2.41. The Hall–Kier alpha value is -2.04. The first-order valence-corrected chi connectivity index (χ1v) is 9.02. The van der Waals surface area contributed by atoms with Gasteiger partial charge in [-0.3, -0.25) is 4.79 Å². The number of piperidine rings is 2. The Morgan fingerprint density at radius 1 is 1.17 bits per heavy atom. The standard InChI is InChI=1S/C19H27N3O2/c1-3-14-7-4-5-10-18(14)21-19(24)22-16-8-6-9-17(22)12-15(11-16)20-13(2)23/h4-5,7,10,15-17H,3,6,8-9,11-12H2,1-2H3,(H,20,23)(H,21,24)/t15?,16-,17+. The molecule has 3 amide bonds. The number of aryl methyl sites for hydroxylation is 1. The number of hydrogen-bond acceptors (Lipinski definition) is 2. The molecule has 2 fully saturated rings. The molecule has 0 spiro atoms. The van der Waals surface area contributed by atoms with Gasteiger partial charge < -0.3 is 15.5 Å². The summed E-state index contributed by atoms with van der Waals surface area (Å²) < 4.78 is 0. The fraction of sp³-hybridized carbons (Fsp3) is 0.579. The topological polar surface area (TPSA) is 61.4 Å². The van der Waals surface area contributed by atoms with E-state index in [-0.39, 0.29) is 30.1 Å². The molecule has 1 aromatic carbocycles. The second-order valence-corrected chi connectivity index (χ2v) is 6.96. The lowest BCUT2D eigenvalue weighted by atomic mass is 9.82. The van der Waals surface area contributed by atoms with E-state index >= 15 is 0 Å². The Bertz CT molecular complexity index is 602. The summed E-state index contributed by atoms with van der Waals surface area (Å²) in [5.41, 5.74) is 2.07. The number of rotatable bonds is 3. The lowest BCUT2D eigenvalue weighted by molar-refractivity contribution is -0.120. The number of nitrogens with one attached hydrogen (secondary N) is 2.